The SMILES string of the molecule is CC1(C)OB(C2=CCN(C(=O)C3Cc4ccc(F)cc43)CC2)OC1(C)C. The molecule has 26 heavy (non-hydrogen) atoms. The summed E-state index contributed by atoms with van der Waals surface area (Å²) in [7, 11) is -0.337. The summed E-state index contributed by atoms with van der Waals surface area (Å²) >= 11 is 0. The van der Waals surface area contributed by atoms with Gasteiger partial charge in [-0.1, -0.05) is 12.1 Å². The molecule has 0 spiro atoms. The van der Waals surface area contributed by atoms with E-state index < -0.39 is 0 Å². The van der Waals surface area contributed by atoms with Crippen LogP contribution in [0.5, 0.6) is 0 Å². The summed E-state index contributed by atoms with van der Waals surface area (Å²) in [4.78, 5) is 14.7. The van der Waals surface area contributed by atoms with E-state index in [1.165, 1.54) is 12.1 Å². The van der Waals surface area contributed by atoms with Crippen molar-refractivity contribution >= 4 is 13.0 Å². The summed E-state index contributed by atoms with van der Waals surface area (Å²) in [5, 5.41) is 0. The number of rotatable bonds is 2. The number of hydrogen-bond donors (Lipinski definition) is 0. The lowest BCUT2D eigenvalue weighted by atomic mass is 9.73. The zero-order valence-electron chi connectivity index (χ0n) is 15.8. The standard InChI is InChI=1S/C20H25BFNO3/c1-19(2)20(3,4)26-21(25-19)14-7-9-23(10-8-14)18(24)17-11-13-5-6-15(22)12-16(13)17/h5-7,12,17H,8-11H2,1-4H3. The summed E-state index contributed by atoms with van der Waals surface area (Å²) in [6, 6.07) is 4.73. The second kappa shape index (κ2) is 5.93. The number of benzene rings is 1. The zero-order chi connectivity index (χ0) is 18.7. The molecule has 0 saturated carbocycles. The molecule has 1 saturated heterocycles. The molecule has 4 rings (SSSR count). The molecule has 138 valence electrons. The van der Waals surface area contributed by atoms with Crippen molar-refractivity contribution in [1.29, 1.82) is 0 Å². The van der Waals surface area contributed by atoms with E-state index in [1.54, 1.807) is 6.07 Å². The maximum absolute atomic E-state index is 13.4. The molecule has 6 heteroatoms. The van der Waals surface area contributed by atoms with Gasteiger partial charge < -0.3 is 14.2 Å². The maximum atomic E-state index is 13.4. The fraction of sp³-hybridized carbons (Fsp3) is 0.550. The third-order valence-corrected chi connectivity index (χ3v) is 6.32. The Hall–Kier alpha value is -1.66. The first-order chi connectivity index (χ1) is 12.2. The number of hydrogen-bond acceptors (Lipinski definition) is 3. The highest BCUT2D eigenvalue weighted by Crippen LogP contribution is 2.40. The first kappa shape index (κ1) is 17.7. The average Bonchev–Trinajstić information content (AvgIpc) is 2.78. The molecule has 3 aliphatic rings. The molecule has 1 unspecified atom stereocenters. The summed E-state index contributed by atoms with van der Waals surface area (Å²) in [6.45, 7) is 9.37. The topological polar surface area (TPSA) is 38.8 Å². The smallest absolute Gasteiger partial charge is 0.400 e. The van der Waals surface area contributed by atoms with Gasteiger partial charge in [-0.25, -0.2) is 4.39 Å². The minimum Gasteiger partial charge on any atom is -0.400 e. The molecule has 2 aliphatic heterocycles. The van der Waals surface area contributed by atoms with E-state index in [-0.39, 0.29) is 36.0 Å². The van der Waals surface area contributed by atoms with Crippen LogP contribution in [0.15, 0.2) is 29.7 Å². The van der Waals surface area contributed by atoms with Crippen molar-refractivity contribution in [3.8, 4) is 0 Å². The van der Waals surface area contributed by atoms with Crippen LogP contribution in [-0.2, 0) is 20.5 Å². The largest absolute Gasteiger partial charge is 0.490 e. The van der Waals surface area contributed by atoms with Gasteiger partial charge in [0.2, 0.25) is 5.91 Å². The molecular weight excluding hydrogens is 332 g/mol. The molecule has 1 fully saturated rings. The second-order valence-electron chi connectivity index (χ2n) is 8.50. The van der Waals surface area contributed by atoms with E-state index in [0.717, 1.165) is 23.0 Å². The third kappa shape index (κ3) is 2.80. The predicted molar refractivity (Wildman–Crippen MR) is 98.2 cm³/mol. The van der Waals surface area contributed by atoms with Crippen molar-refractivity contribution < 1.29 is 18.5 Å². The molecule has 0 radical (unpaired) electrons. The number of carbonyl (C=O) groups is 1. The van der Waals surface area contributed by atoms with Crippen molar-refractivity contribution in [3.63, 3.8) is 0 Å². The Morgan fingerprint density at radius 3 is 2.54 bits per heavy atom. The van der Waals surface area contributed by atoms with Gasteiger partial charge in [-0.15, -0.1) is 0 Å². The van der Waals surface area contributed by atoms with Gasteiger partial charge in [0.15, 0.2) is 0 Å². The summed E-state index contributed by atoms with van der Waals surface area (Å²) in [5.74, 6) is -0.386. The number of carbonyl (C=O) groups excluding carboxylic acids is 1. The van der Waals surface area contributed by atoms with Crippen LogP contribution in [0, 0.1) is 5.82 Å². The van der Waals surface area contributed by atoms with Crippen LogP contribution in [0.3, 0.4) is 0 Å². The van der Waals surface area contributed by atoms with Gasteiger partial charge in [0.25, 0.3) is 0 Å². The van der Waals surface area contributed by atoms with Gasteiger partial charge in [0.05, 0.1) is 17.1 Å². The number of amides is 1. The van der Waals surface area contributed by atoms with Crippen molar-refractivity contribution in [2.45, 2.75) is 57.7 Å². The van der Waals surface area contributed by atoms with E-state index >= 15 is 0 Å². The second-order valence-corrected chi connectivity index (χ2v) is 8.50. The predicted octanol–water partition coefficient (Wildman–Crippen LogP) is 3.26. The van der Waals surface area contributed by atoms with Gasteiger partial charge in [-0.3, -0.25) is 4.79 Å². The van der Waals surface area contributed by atoms with Gasteiger partial charge >= 0.3 is 7.12 Å². The number of nitrogens with zero attached hydrogens (tertiary/aromatic N) is 1. The van der Waals surface area contributed by atoms with Crippen LogP contribution in [0.1, 0.15) is 51.2 Å². The van der Waals surface area contributed by atoms with Crippen molar-refractivity contribution in [1.82, 2.24) is 4.90 Å². The van der Waals surface area contributed by atoms with Crippen LogP contribution in [0.4, 0.5) is 4.39 Å². The fourth-order valence-corrected chi connectivity index (χ4v) is 3.81. The molecule has 1 amide bonds. The van der Waals surface area contributed by atoms with Crippen molar-refractivity contribution in [2.24, 2.45) is 0 Å². The van der Waals surface area contributed by atoms with Crippen LogP contribution in [0.2, 0.25) is 0 Å². The highest BCUT2D eigenvalue weighted by Gasteiger charge is 2.52. The lowest BCUT2D eigenvalue weighted by Crippen LogP contribution is -2.43. The molecule has 1 aromatic rings. The van der Waals surface area contributed by atoms with Crippen LogP contribution >= 0.6 is 0 Å². The number of halogens is 1. The Balaban J connectivity index is 1.42. The van der Waals surface area contributed by atoms with E-state index in [4.69, 9.17) is 9.31 Å². The summed E-state index contributed by atoms with van der Waals surface area (Å²) < 4.78 is 25.7. The van der Waals surface area contributed by atoms with E-state index in [9.17, 15) is 9.18 Å². The summed E-state index contributed by atoms with van der Waals surface area (Å²) in [6.07, 6.45) is 3.50. The van der Waals surface area contributed by atoms with Crippen LogP contribution < -0.4 is 0 Å². The highest BCUT2D eigenvalue weighted by atomic mass is 19.1. The average molecular weight is 357 g/mol. The lowest BCUT2D eigenvalue weighted by Gasteiger charge is -2.35. The molecule has 1 aromatic carbocycles. The van der Waals surface area contributed by atoms with Crippen molar-refractivity contribution in [3.05, 3.63) is 46.7 Å². The Morgan fingerprint density at radius 2 is 1.92 bits per heavy atom. The van der Waals surface area contributed by atoms with E-state index in [2.05, 4.69) is 6.08 Å². The molecule has 4 nitrogen and oxygen atoms in total. The Bertz CT molecular complexity index is 773. The van der Waals surface area contributed by atoms with E-state index in [1.807, 2.05) is 32.6 Å². The molecule has 0 aromatic heterocycles. The lowest BCUT2D eigenvalue weighted by molar-refractivity contribution is -0.133. The molecule has 0 bridgehead atoms. The molecule has 1 atom stereocenters. The molecule has 1 aliphatic carbocycles. The summed E-state index contributed by atoms with van der Waals surface area (Å²) in [5.41, 5.74) is 2.31. The monoisotopic (exact) mass is 357 g/mol. The first-order valence-electron chi connectivity index (χ1n) is 9.30. The Kier molecular flexibility index (Phi) is 4.05. The molecular formula is C20H25BFNO3. The maximum Gasteiger partial charge on any atom is 0.490 e. The Labute approximate surface area is 154 Å². The van der Waals surface area contributed by atoms with Gasteiger partial charge in [0.1, 0.15) is 5.82 Å². The van der Waals surface area contributed by atoms with Gasteiger partial charge in [0, 0.05) is 13.1 Å². The van der Waals surface area contributed by atoms with Gasteiger partial charge in [-0.05, 0) is 69.3 Å². The molecule has 2 heterocycles. The quantitative estimate of drug-likeness (QED) is 0.763. The van der Waals surface area contributed by atoms with E-state index in [0.29, 0.717) is 19.5 Å². The fourth-order valence-electron chi connectivity index (χ4n) is 3.81. The first-order valence-corrected chi connectivity index (χ1v) is 9.30. The Morgan fingerprint density at radius 1 is 1.23 bits per heavy atom. The van der Waals surface area contributed by atoms with Crippen LogP contribution in [0.25, 0.3) is 0 Å². The minimum absolute atomic E-state index is 0.0901. The molecule has 0 N–H and O–H groups in total. The zero-order valence-corrected chi connectivity index (χ0v) is 15.8. The van der Waals surface area contributed by atoms with Crippen molar-refractivity contribution in [2.75, 3.05) is 13.1 Å². The minimum atomic E-state index is -0.356. The third-order valence-electron chi connectivity index (χ3n) is 6.32. The van der Waals surface area contributed by atoms with Crippen LogP contribution in [-0.4, -0.2) is 42.2 Å². The number of fused-ring (bicyclic) bond motifs is 1. The van der Waals surface area contributed by atoms with Gasteiger partial charge in [-0.2, -0.15) is 0 Å². The normalized spacial score (nSPS) is 26.2. The highest BCUT2D eigenvalue weighted by molar-refractivity contribution is 6.54.